The van der Waals surface area contributed by atoms with E-state index in [0.29, 0.717) is 29.1 Å². The topological polar surface area (TPSA) is 150 Å². The van der Waals surface area contributed by atoms with E-state index in [1.54, 1.807) is 33.8 Å². The zero-order valence-electron chi connectivity index (χ0n) is 21.0. The summed E-state index contributed by atoms with van der Waals surface area (Å²) in [5, 5.41) is 25.7. The maximum absolute atomic E-state index is 13.6. The first kappa shape index (κ1) is 25.2. The molecule has 5 rings (SSSR count). The number of anilines is 2. The molecule has 1 atom stereocenters. The van der Waals surface area contributed by atoms with Crippen LogP contribution in [0.15, 0.2) is 67.0 Å². The summed E-state index contributed by atoms with van der Waals surface area (Å²) in [5.41, 5.74) is 2.19. The molecule has 3 heterocycles. The van der Waals surface area contributed by atoms with Gasteiger partial charge in [0.2, 0.25) is 5.88 Å². The molecule has 1 aliphatic heterocycles. The van der Waals surface area contributed by atoms with Gasteiger partial charge in [0.05, 0.1) is 37.1 Å². The molecule has 0 fully saturated rings. The minimum Gasteiger partial charge on any atom is -0.495 e. The number of hydrogen-bond acceptors (Lipinski definition) is 8. The van der Waals surface area contributed by atoms with Gasteiger partial charge in [-0.15, -0.1) is 0 Å². The first-order chi connectivity index (χ1) is 18.8. The van der Waals surface area contributed by atoms with Gasteiger partial charge in [0.1, 0.15) is 17.5 Å². The van der Waals surface area contributed by atoms with E-state index in [1.807, 2.05) is 13.0 Å². The average Bonchev–Trinajstić information content (AvgIpc) is 3.35. The lowest BCUT2D eigenvalue weighted by atomic mass is 10.0. The number of pyridine rings is 1. The molecule has 0 saturated heterocycles. The molecular formula is C28H22N6O5. The van der Waals surface area contributed by atoms with Crippen LogP contribution in [0, 0.1) is 11.3 Å². The zero-order chi connectivity index (χ0) is 27.7. The fourth-order valence-corrected chi connectivity index (χ4v) is 4.45. The van der Waals surface area contributed by atoms with Crippen LogP contribution in [-0.2, 0) is 6.54 Å². The first-order valence-electron chi connectivity index (χ1n) is 11.9. The Labute approximate surface area is 222 Å². The Bertz CT molecular complexity index is 1640. The van der Waals surface area contributed by atoms with Crippen LogP contribution in [0.2, 0.25) is 0 Å². The van der Waals surface area contributed by atoms with Crippen molar-refractivity contribution >= 4 is 29.0 Å². The van der Waals surface area contributed by atoms with Crippen LogP contribution in [0.5, 0.6) is 11.6 Å². The predicted octanol–water partition coefficient (Wildman–Crippen LogP) is 3.40. The number of ketones is 1. The summed E-state index contributed by atoms with van der Waals surface area (Å²) in [6, 6.07) is 15.6. The van der Waals surface area contributed by atoms with Gasteiger partial charge in [-0.25, -0.2) is 4.98 Å². The molecule has 2 aromatic heterocycles. The number of nitriles is 1. The molecule has 0 spiro atoms. The van der Waals surface area contributed by atoms with Crippen molar-refractivity contribution in [1.29, 1.82) is 5.26 Å². The number of fused-ring (bicyclic) bond motifs is 1. The Morgan fingerprint density at radius 2 is 1.79 bits per heavy atom. The fraction of sp³-hybridized carbons (Fsp3) is 0.143. The summed E-state index contributed by atoms with van der Waals surface area (Å²) in [7, 11) is 1.44. The van der Waals surface area contributed by atoms with Gasteiger partial charge in [-0.2, -0.15) is 10.4 Å². The van der Waals surface area contributed by atoms with Gasteiger partial charge in [0.25, 0.3) is 11.8 Å². The van der Waals surface area contributed by atoms with Crippen LogP contribution in [-0.4, -0.2) is 50.6 Å². The van der Waals surface area contributed by atoms with E-state index < -0.39 is 5.91 Å². The second-order valence-electron chi connectivity index (χ2n) is 8.88. The monoisotopic (exact) mass is 522 g/mol. The number of ether oxygens (including phenoxy) is 1. The number of methoxy groups -OCH3 is 1. The molecule has 4 aromatic rings. The van der Waals surface area contributed by atoms with Crippen molar-refractivity contribution in [1.82, 2.24) is 14.8 Å². The highest BCUT2D eigenvalue weighted by Crippen LogP contribution is 2.30. The van der Waals surface area contributed by atoms with Crippen molar-refractivity contribution in [3.05, 3.63) is 94.9 Å². The smallest absolute Gasteiger partial charge is 0.279 e. The molecule has 194 valence electrons. The predicted molar refractivity (Wildman–Crippen MR) is 140 cm³/mol. The van der Waals surface area contributed by atoms with Crippen molar-refractivity contribution in [3.63, 3.8) is 0 Å². The van der Waals surface area contributed by atoms with E-state index in [2.05, 4.69) is 15.4 Å². The highest BCUT2D eigenvalue weighted by atomic mass is 16.5. The third-order valence-corrected chi connectivity index (χ3v) is 6.39. The number of hydrogen-bond donors (Lipinski definition) is 2. The van der Waals surface area contributed by atoms with Gasteiger partial charge >= 0.3 is 0 Å². The Balaban J connectivity index is 1.38. The quantitative estimate of drug-likeness (QED) is 0.366. The second-order valence-corrected chi connectivity index (χ2v) is 8.88. The summed E-state index contributed by atoms with van der Waals surface area (Å²) < 4.78 is 6.67. The lowest BCUT2D eigenvalue weighted by Crippen LogP contribution is -2.47. The largest absolute Gasteiger partial charge is 0.495 e. The van der Waals surface area contributed by atoms with Crippen LogP contribution in [0.1, 0.15) is 49.3 Å². The lowest BCUT2D eigenvalue weighted by Gasteiger charge is -2.34. The Kier molecular flexibility index (Phi) is 6.52. The molecule has 2 aromatic carbocycles. The summed E-state index contributed by atoms with van der Waals surface area (Å²) in [6.45, 7) is 2.26. The van der Waals surface area contributed by atoms with Crippen LogP contribution >= 0.6 is 0 Å². The molecule has 0 bridgehead atoms. The molecule has 1 aliphatic rings. The van der Waals surface area contributed by atoms with Crippen molar-refractivity contribution in [3.8, 4) is 17.7 Å². The normalized spacial score (nSPS) is 14.3. The third kappa shape index (κ3) is 4.67. The number of nitrogens with one attached hydrogen (secondary N) is 1. The van der Waals surface area contributed by atoms with E-state index >= 15 is 0 Å². The minimum atomic E-state index is -0.505. The van der Waals surface area contributed by atoms with Gasteiger partial charge < -0.3 is 20.1 Å². The number of aromatic nitrogens is 3. The highest BCUT2D eigenvalue weighted by Gasteiger charge is 2.34. The van der Waals surface area contributed by atoms with Crippen LogP contribution in [0.25, 0.3) is 0 Å². The van der Waals surface area contributed by atoms with Crippen molar-refractivity contribution in [2.45, 2.75) is 19.5 Å². The molecule has 11 heteroatoms. The molecular weight excluding hydrogens is 500 g/mol. The molecule has 39 heavy (non-hydrogen) atoms. The van der Waals surface area contributed by atoms with Crippen molar-refractivity contribution < 1.29 is 24.2 Å². The maximum atomic E-state index is 13.6. The van der Waals surface area contributed by atoms with Gasteiger partial charge in [-0.05, 0) is 55.5 Å². The summed E-state index contributed by atoms with van der Waals surface area (Å²) in [6.07, 6.45) is 2.72. The van der Waals surface area contributed by atoms with Crippen molar-refractivity contribution in [2.24, 2.45) is 0 Å². The zero-order valence-corrected chi connectivity index (χ0v) is 21.0. The molecule has 0 radical (unpaired) electrons. The number of carbonyl (C=O) groups excluding carboxylic acids is 3. The van der Waals surface area contributed by atoms with Gasteiger partial charge in [-0.1, -0.05) is 0 Å². The van der Waals surface area contributed by atoms with E-state index in [-0.39, 0.29) is 46.1 Å². The molecule has 11 nitrogen and oxygen atoms in total. The molecule has 2 amide bonds. The summed E-state index contributed by atoms with van der Waals surface area (Å²) >= 11 is 0. The Morgan fingerprint density at radius 1 is 1.08 bits per heavy atom. The molecule has 0 unspecified atom stereocenters. The number of carbonyl (C=O) groups is 3. The SMILES string of the molecule is COc1ccc(C(=O)Nc2cnn3c2C(=O)N(c2ccc(C(=O)c4ccc(O)nc4)cc2)[C@@H](C)C3)cc1C#N. The number of benzene rings is 2. The molecule has 0 saturated carbocycles. The maximum Gasteiger partial charge on any atom is 0.279 e. The van der Waals surface area contributed by atoms with Crippen LogP contribution in [0.4, 0.5) is 11.4 Å². The number of rotatable bonds is 6. The van der Waals surface area contributed by atoms with E-state index in [9.17, 15) is 24.8 Å². The van der Waals surface area contributed by atoms with E-state index in [0.717, 1.165) is 0 Å². The number of aromatic hydroxyl groups is 1. The number of nitrogens with zero attached hydrogens (tertiary/aromatic N) is 5. The standard InChI is InChI=1S/C28H22N6O5/c1-16-15-33-25(22(14-31-33)32-27(37)18-5-9-23(39-2)20(11-18)12-29)28(38)34(16)21-7-3-17(4-8-21)26(36)19-6-10-24(35)30-13-19/h3-11,13-14,16H,15H2,1-2H3,(H,30,35)(H,32,37)/t16-/m0/s1. The fourth-order valence-electron chi connectivity index (χ4n) is 4.45. The second kappa shape index (κ2) is 10.1. The van der Waals surface area contributed by atoms with E-state index in [4.69, 9.17) is 4.74 Å². The number of amides is 2. The minimum absolute atomic E-state index is 0.176. The third-order valence-electron chi connectivity index (χ3n) is 6.39. The lowest BCUT2D eigenvalue weighted by molar-refractivity contribution is 0.0947. The summed E-state index contributed by atoms with van der Waals surface area (Å²) in [4.78, 5) is 44.7. The van der Waals surface area contributed by atoms with Crippen LogP contribution in [0.3, 0.4) is 0 Å². The molecule has 0 aliphatic carbocycles. The van der Waals surface area contributed by atoms with E-state index in [1.165, 1.54) is 49.8 Å². The average molecular weight is 523 g/mol. The van der Waals surface area contributed by atoms with Crippen LogP contribution < -0.4 is 15.0 Å². The Morgan fingerprint density at radius 3 is 2.46 bits per heavy atom. The first-order valence-corrected chi connectivity index (χ1v) is 11.9. The van der Waals surface area contributed by atoms with Gasteiger partial charge in [-0.3, -0.25) is 19.1 Å². The summed E-state index contributed by atoms with van der Waals surface area (Å²) in [5.74, 6) is -0.965. The Hall–Kier alpha value is -5.50. The highest BCUT2D eigenvalue weighted by molar-refractivity contribution is 6.14. The molecule has 2 N–H and O–H groups in total. The van der Waals surface area contributed by atoms with Gasteiger partial charge in [0.15, 0.2) is 5.78 Å². The van der Waals surface area contributed by atoms with Crippen molar-refractivity contribution in [2.75, 3.05) is 17.3 Å². The van der Waals surface area contributed by atoms with Gasteiger partial charge in [0, 0.05) is 34.6 Å².